The molecule has 0 aliphatic heterocycles. The first-order valence-electron chi connectivity index (χ1n) is 7.22. The average molecular weight is 263 g/mol. The molecule has 3 rings (SSSR count). The van der Waals surface area contributed by atoms with Crippen LogP contribution < -0.4 is 5.32 Å². The van der Waals surface area contributed by atoms with Gasteiger partial charge in [0, 0.05) is 12.7 Å². The fourth-order valence-corrected chi connectivity index (χ4v) is 3.10. The van der Waals surface area contributed by atoms with Crippen molar-refractivity contribution in [2.45, 2.75) is 63.1 Å². The molecule has 0 bridgehead atoms. The molecule has 0 saturated heterocycles. The van der Waals surface area contributed by atoms with Crippen LogP contribution in [0.25, 0.3) is 0 Å². The first kappa shape index (κ1) is 12.7. The molecule has 1 heterocycles. The lowest BCUT2D eigenvalue weighted by Gasteiger charge is -2.38. The monoisotopic (exact) mass is 263 g/mol. The minimum atomic E-state index is -0.728. The van der Waals surface area contributed by atoms with Gasteiger partial charge in [-0.25, -0.2) is 0 Å². The van der Waals surface area contributed by atoms with Crippen molar-refractivity contribution in [3.8, 4) is 0 Å². The zero-order valence-electron chi connectivity index (χ0n) is 11.1. The smallest absolute Gasteiger partial charge is 0.323 e. The van der Waals surface area contributed by atoms with E-state index in [9.17, 15) is 9.90 Å². The average Bonchev–Trinajstić information content (AvgIpc) is 2.97. The van der Waals surface area contributed by atoms with Crippen LogP contribution >= 0.6 is 0 Å². The zero-order chi connectivity index (χ0) is 13.3. The number of nitrogens with one attached hydrogen (secondary N) is 1. The van der Waals surface area contributed by atoms with Gasteiger partial charge in [0.05, 0.1) is 11.7 Å². The fourth-order valence-electron chi connectivity index (χ4n) is 3.10. The van der Waals surface area contributed by atoms with Gasteiger partial charge in [-0.1, -0.05) is 12.8 Å². The van der Waals surface area contributed by atoms with Crippen LogP contribution in [-0.4, -0.2) is 26.4 Å². The molecule has 19 heavy (non-hydrogen) atoms. The molecule has 5 nitrogen and oxygen atoms in total. The largest absolute Gasteiger partial charge is 0.480 e. The Labute approximate surface area is 113 Å². The summed E-state index contributed by atoms with van der Waals surface area (Å²) in [5.41, 5.74) is 0.247. The predicted molar refractivity (Wildman–Crippen MR) is 70.8 cm³/mol. The second-order valence-corrected chi connectivity index (χ2v) is 5.82. The van der Waals surface area contributed by atoms with E-state index in [-0.39, 0.29) is 0 Å². The highest BCUT2D eigenvalue weighted by Crippen LogP contribution is 2.32. The molecule has 104 valence electrons. The van der Waals surface area contributed by atoms with Gasteiger partial charge in [0.1, 0.15) is 5.54 Å². The minimum absolute atomic E-state index is 0.547. The van der Waals surface area contributed by atoms with Gasteiger partial charge in [0.2, 0.25) is 0 Å². The van der Waals surface area contributed by atoms with Crippen LogP contribution in [0.2, 0.25) is 0 Å². The van der Waals surface area contributed by atoms with Crippen LogP contribution in [0.1, 0.15) is 56.7 Å². The van der Waals surface area contributed by atoms with Crippen molar-refractivity contribution in [1.82, 2.24) is 15.1 Å². The first-order chi connectivity index (χ1) is 9.20. The summed E-state index contributed by atoms with van der Waals surface area (Å²) in [5, 5.41) is 17.0. The third-order valence-electron chi connectivity index (χ3n) is 4.59. The van der Waals surface area contributed by atoms with Crippen molar-refractivity contribution in [3.05, 3.63) is 18.0 Å². The number of aliphatic carboxylic acids is 1. The van der Waals surface area contributed by atoms with Gasteiger partial charge in [-0.15, -0.1) is 0 Å². The molecular formula is C14H21N3O2. The number of nitrogens with zero attached hydrogens (tertiary/aromatic N) is 2. The number of hydrogen-bond donors (Lipinski definition) is 2. The van der Waals surface area contributed by atoms with E-state index in [0.717, 1.165) is 25.0 Å². The highest BCUT2D eigenvalue weighted by molar-refractivity contribution is 5.79. The molecule has 0 amide bonds. The SMILES string of the molecule is O=C(O)C1(NCc2ccn(C3CCCC3)n2)CCC1. The van der Waals surface area contributed by atoms with Crippen LogP contribution in [0.5, 0.6) is 0 Å². The summed E-state index contributed by atoms with van der Waals surface area (Å²) in [7, 11) is 0. The predicted octanol–water partition coefficient (Wildman–Crippen LogP) is 2.10. The molecule has 0 spiro atoms. The molecule has 2 aliphatic carbocycles. The van der Waals surface area contributed by atoms with Gasteiger partial charge in [0.15, 0.2) is 0 Å². The number of aromatic nitrogens is 2. The zero-order valence-corrected chi connectivity index (χ0v) is 11.1. The van der Waals surface area contributed by atoms with Crippen molar-refractivity contribution in [2.75, 3.05) is 0 Å². The topological polar surface area (TPSA) is 67.2 Å². The van der Waals surface area contributed by atoms with Gasteiger partial charge >= 0.3 is 5.97 Å². The molecule has 1 aromatic heterocycles. The summed E-state index contributed by atoms with van der Waals surface area (Å²) in [6.07, 6.45) is 9.50. The molecule has 0 radical (unpaired) electrons. The molecule has 2 saturated carbocycles. The fraction of sp³-hybridized carbons (Fsp3) is 0.714. The Kier molecular flexibility index (Phi) is 3.31. The molecule has 2 aliphatic rings. The van der Waals surface area contributed by atoms with E-state index in [1.807, 2.05) is 12.3 Å². The summed E-state index contributed by atoms with van der Waals surface area (Å²) in [6, 6.07) is 2.55. The van der Waals surface area contributed by atoms with Crippen molar-refractivity contribution in [3.63, 3.8) is 0 Å². The van der Waals surface area contributed by atoms with Gasteiger partial charge < -0.3 is 5.11 Å². The molecule has 0 unspecified atom stereocenters. The van der Waals surface area contributed by atoms with E-state index in [1.165, 1.54) is 25.7 Å². The lowest BCUT2D eigenvalue weighted by Crippen LogP contribution is -2.56. The Morgan fingerprint density at radius 2 is 2.16 bits per heavy atom. The summed E-state index contributed by atoms with van der Waals surface area (Å²) in [4.78, 5) is 11.3. The molecule has 1 aromatic rings. The van der Waals surface area contributed by atoms with Crippen molar-refractivity contribution < 1.29 is 9.90 Å². The maximum atomic E-state index is 11.3. The third-order valence-corrected chi connectivity index (χ3v) is 4.59. The molecular weight excluding hydrogens is 242 g/mol. The van der Waals surface area contributed by atoms with Gasteiger partial charge in [0.25, 0.3) is 0 Å². The lowest BCUT2D eigenvalue weighted by molar-refractivity contribution is -0.148. The van der Waals surface area contributed by atoms with E-state index in [2.05, 4.69) is 15.1 Å². The maximum Gasteiger partial charge on any atom is 0.323 e. The highest BCUT2D eigenvalue weighted by Gasteiger charge is 2.43. The van der Waals surface area contributed by atoms with Crippen LogP contribution in [0.15, 0.2) is 12.3 Å². The van der Waals surface area contributed by atoms with Crippen LogP contribution in [-0.2, 0) is 11.3 Å². The Morgan fingerprint density at radius 1 is 1.42 bits per heavy atom. The van der Waals surface area contributed by atoms with Gasteiger partial charge in [-0.05, 0) is 38.2 Å². The Balaban J connectivity index is 1.59. The number of rotatable bonds is 5. The normalized spacial score (nSPS) is 22.3. The van der Waals surface area contributed by atoms with E-state index < -0.39 is 11.5 Å². The number of carboxylic acid groups (broad SMARTS) is 1. The highest BCUT2D eigenvalue weighted by atomic mass is 16.4. The third kappa shape index (κ3) is 2.39. The lowest BCUT2D eigenvalue weighted by atomic mass is 9.77. The Morgan fingerprint density at radius 3 is 2.74 bits per heavy atom. The summed E-state index contributed by atoms with van der Waals surface area (Å²) in [5.74, 6) is -0.728. The summed E-state index contributed by atoms with van der Waals surface area (Å²) in [6.45, 7) is 0.548. The number of carbonyl (C=O) groups is 1. The summed E-state index contributed by atoms with van der Waals surface area (Å²) < 4.78 is 2.05. The van der Waals surface area contributed by atoms with Crippen LogP contribution in [0.3, 0.4) is 0 Å². The van der Waals surface area contributed by atoms with Crippen molar-refractivity contribution in [1.29, 1.82) is 0 Å². The van der Waals surface area contributed by atoms with E-state index in [4.69, 9.17) is 0 Å². The standard InChI is InChI=1S/C14H21N3O2/c18-13(19)14(7-3-8-14)15-10-11-6-9-17(16-11)12-4-1-2-5-12/h6,9,12,15H,1-5,7-8,10H2,(H,18,19). The molecule has 5 heteroatoms. The number of hydrogen-bond acceptors (Lipinski definition) is 3. The quantitative estimate of drug-likeness (QED) is 0.853. The maximum absolute atomic E-state index is 11.3. The second kappa shape index (κ2) is 4.96. The van der Waals surface area contributed by atoms with Crippen LogP contribution in [0.4, 0.5) is 0 Å². The van der Waals surface area contributed by atoms with E-state index in [0.29, 0.717) is 12.6 Å². The molecule has 0 aromatic carbocycles. The van der Waals surface area contributed by atoms with E-state index in [1.54, 1.807) is 0 Å². The van der Waals surface area contributed by atoms with Crippen LogP contribution in [0, 0.1) is 0 Å². The molecule has 2 N–H and O–H groups in total. The van der Waals surface area contributed by atoms with Gasteiger partial charge in [-0.2, -0.15) is 5.10 Å². The Bertz CT molecular complexity index is 459. The molecule has 0 atom stereocenters. The number of carboxylic acids is 1. The Hall–Kier alpha value is -1.36. The summed E-state index contributed by atoms with van der Waals surface area (Å²) >= 11 is 0. The molecule has 2 fully saturated rings. The van der Waals surface area contributed by atoms with Crippen molar-refractivity contribution >= 4 is 5.97 Å². The minimum Gasteiger partial charge on any atom is -0.480 e. The first-order valence-corrected chi connectivity index (χ1v) is 7.22. The van der Waals surface area contributed by atoms with Crippen molar-refractivity contribution in [2.24, 2.45) is 0 Å². The van der Waals surface area contributed by atoms with Gasteiger partial charge in [-0.3, -0.25) is 14.8 Å². The second-order valence-electron chi connectivity index (χ2n) is 5.82. The van der Waals surface area contributed by atoms with E-state index >= 15 is 0 Å².